The first-order valence-electron chi connectivity index (χ1n) is 6.98. The van der Waals surface area contributed by atoms with E-state index in [2.05, 4.69) is 38.8 Å². The topological polar surface area (TPSA) is 35.5 Å². The maximum absolute atomic E-state index is 12.4. The average molecular weight is 428 g/mol. The second-order valence-corrected chi connectivity index (χ2v) is 6.35. The van der Waals surface area contributed by atoms with Gasteiger partial charge in [-0.3, -0.25) is 0 Å². The smallest absolute Gasteiger partial charge is 0.347 e. The summed E-state index contributed by atoms with van der Waals surface area (Å²) in [5.41, 5.74) is 1.56. The highest BCUT2D eigenvalue weighted by atomic mass is 79.9. The van der Waals surface area contributed by atoms with Gasteiger partial charge in [0.05, 0.1) is 11.1 Å². The molecule has 22 heavy (non-hydrogen) atoms. The molecular weight excluding hydrogens is 412 g/mol. The van der Waals surface area contributed by atoms with Gasteiger partial charge in [0.1, 0.15) is 17.1 Å². The Bertz CT molecular complexity index is 684. The summed E-state index contributed by atoms with van der Waals surface area (Å²) in [5, 5.41) is 0. The van der Waals surface area contributed by atoms with Crippen LogP contribution in [0.2, 0.25) is 0 Å². The third-order valence-corrected chi connectivity index (χ3v) is 4.18. The second kappa shape index (κ2) is 7.79. The van der Waals surface area contributed by atoms with E-state index in [0.29, 0.717) is 23.7 Å². The molecule has 0 atom stereocenters. The summed E-state index contributed by atoms with van der Waals surface area (Å²) in [4.78, 5) is 12.4. The Balaban J connectivity index is 2.27. The highest BCUT2D eigenvalue weighted by Crippen LogP contribution is 2.29. The van der Waals surface area contributed by atoms with E-state index in [0.717, 1.165) is 15.4 Å². The minimum atomic E-state index is -0.449. The van der Waals surface area contributed by atoms with Gasteiger partial charge in [0.25, 0.3) is 0 Å². The van der Waals surface area contributed by atoms with Gasteiger partial charge in [-0.1, -0.05) is 28.9 Å². The summed E-state index contributed by atoms with van der Waals surface area (Å²) in [6.07, 6.45) is 0.924. The Morgan fingerprint density at radius 3 is 2.41 bits per heavy atom. The number of hydrogen-bond acceptors (Lipinski definition) is 3. The lowest BCUT2D eigenvalue weighted by molar-refractivity contribution is 0.0729. The molecule has 116 valence electrons. The highest BCUT2D eigenvalue weighted by molar-refractivity contribution is 9.10. The van der Waals surface area contributed by atoms with E-state index < -0.39 is 5.97 Å². The molecule has 0 aliphatic carbocycles. The van der Waals surface area contributed by atoms with Crippen LogP contribution in [0.15, 0.2) is 45.3 Å². The minimum Gasteiger partial charge on any atom is -0.493 e. The fourth-order valence-corrected chi connectivity index (χ4v) is 2.81. The van der Waals surface area contributed by atoms with Crippen molar-refractivity contribution < 1.29 is 14.3 Å². The lowest BCUT2D eigenvalue weighted by atomic mass is 10.1. The fraction of sp³-hybridized carbons (Fsp3) is 0.235. The summed E-state index contributed by atoms with van der Waals surface area (Å²) in [6, 6.07) is 11.0. The van der Waals surface area contributed by atoms with Gasteiger partial charge in [-0.05, 0) is 65.2 Å². The first kappa shape index (κ1) is 17.0. The van der Waals surface area contributed by atoms with Crippen molar-refractivity contribution in [2.75, 3.05) is 6.61 Å². The van der Waals surface area contributed by atoms with Crippen LogP contribution in [0.25, 0.3) is 0 Å². The quantitative estimate of drug-likeness (QED) is 0.473. The zero-order valence-corrected chi connectivity index (χ0v) is 15.5. The van der Waals surface area contributed by atoms with Crippen molar-refractivity contribution >= 4 is 37.8 Å². The number of carbonyl (C=O) groups excluding carboxylic acids is 1. The molecule has 0 spiro atoms. The number of hydrogen-bond donors (Lipinski definition) is 0. The molecule has 0 aromatic heterocycles. The Morgan fingerprint density at radius 2 is 1.77 bits per heavy atom. The van der Waals surface area contributed by atoms with Crippen LogP contribution in [0.3, 0.4) is 0 Å². The summed E-state index contributed by atoms with van der Waals surface area (Å²) in [6.45, 7) is 4.43. The van der Waals surface area contributed by atoms with Gasteiger partial charge in [-0.15, -0.1) is 0 Å². The van der Waals surface area contributed by atoms with Crippen molar-refractivity contribution in [1.82, 2.24) is 0 Å². The molecule has 0 bridgehead atoms. The van der Waals surface area contributed by atoms with E-state index in [1.165, 1.54) is 5.56 Å². The Hall–Kier alpha value is -1.33. The van der Waals surface area contributed by atoms with E-state index in [1.54, 1.807) is 18.2 Å². The number of rotatable bonds is 5. The van der Waals surface area contributed by atoms with Gasteiger partial charge in [0.2, 0.25) is 0 Å². The molecule has 0 saturated heterocycles. The third-order valence-electron chi connectivity index (χ3n) is 3.07. The molecule has 0 unspecified atom stereocenters. The monoisotopic (exact) mass is 426 g/mol. The molecule has 0 amide bonds. The largest absolute Gasteiger partial charge is 0.493 e. The van der Waals surface area contributed by atoms with Crippen LogP contribution in [0.5, 0.6) is 11.5 Å². The Kier molecular flexibility index (Phi) is 6.03. The molecule has 2 aromatic carbocycles. The van der Waals surface area contributed by atoms with Crippen molar-refractivity contribution in [3.05, 3.63) is 56.5 Å². The zero-order chi connectivity index (χ0) is 16.1. The molecule has 0 fully saturated rings. The third kappa shape index (κ3) is 4.11. The molecule has 0 aliphatic rings. The van der Waals surface area contributed by atoms with Crippen LogP contribution in [-0.4, -0.2) is 12.6 Å². The molecule has 2 aromatic rings. The van der Waals surface area contributed by atoms with Crippen molar-refractivity contribution in [2.24, 2.45) is 0 Å². The molecule has 0 heterocycles. The summed E-state index contributed by atoms with van der Waals surface area (Å²) in [7, 11) is 0. The van der Waals surface area contributed by atoms with Gasteiger partial charge in [0.15, 0.2) is 0 Å². The van der Waals surface area contributed by atoms with Gasteiger partial charge < -0.3 is 9.47 Å². The fourth-order valence-electron chi connectivity index (χ4n) is 1.94. The van der Waals surface area contributed by atoms with Gasteiger partial charge in [-0.2, -0.15) is 0 Å². The van der Waals surface area contributed by atoms with Crippen molar-refractivity contribution in [3.8, 4) is 11.5 Å². The average Bonchev–Trinajstić information content (AvgIpc) is 2.51. The van der Waals surface area contributed by atoms with Crippen molar-refractivity contribution in [2.45, 2.75) is 20.3 Å². The normalized spacial score (nSPS) is 10.4. The number of aryl methyl sites for hydroxylation is 1. The van der Waals surface area contributed by atoms with E-state index in [9.17, 15) is 4.79 Å². The predicted octanol–water partition coefficient (Wildman–Crippen LogP) is 5.39. The SMILES string of the molecule is CCOc1ccc(Br)cc1C(=O)Oc1ccc(CC)cc1Br. The summed E-state index contributed by atoms with van der Waals surface area (Å²) >= 11 is 6.80. The molecule has 0 aliphatic heterocycles. The van der Waals surface area contributed by atoms with Gasteiger partial charge in [-0.25, -0.2) is 4.79 Å². The van der Waals surface area contributed by atoms with Crippen LogP contribution in [0.1, 0.15) is 29.8 Å². The standard InChI is InChI=1S/C17H16Br2O3/c1-3-11-5-7-16(14(19)9-11)22-17(20)13-10-12(18)6-8-15(13)21-4-2/h5-10H,3-4H2,1-2H3. The van der Waals surface area contributed by atoms with E-state index >= 15 is 0 Å². The number of carbonyl (C=O) groups is 1. The minimum absolute atomic E-state index is 0.391. The van der Waals surface area contributed by atoms with E-state index in [-0.39, 0.29) is 0 Å². The molecule has 3 nitrogen and oxygen atoms in total. The van der Waals surface area contributed by atoms with Crippen LogP contribution in [-0.2, 0) is 6.42 Å². The van der Waals surface area contributed by atoms with Crippen molar-refractivity contribution in [1.29, 1.82) is 0 Å². The predicted molar refractivity (Wildman–Crippen MR) is 93.8 cm³/mol. The number of benzene rings is 2. The molecule has 0 radical (unpaired) electrons. The van der Waals surface area contributed by atoms with Crippen LogP contribution in [0, 0.1) is 0 Å². The maximum Gasteiger partial charge on any atom is 0.347 e. The van der Waals surface area contributed by atoms with E-state index in [4.69, 9.17) is 9.47 Å². The second-order valence-electron chi connectivity index (χ2n) is 4.58. The lowest BCUT2D eigenvalue weighted by Gasteiger charge is -2.11. The lowest BCUT2D eigenvalue weighted by Crippen LogP contribution is -2.11. The van der Waals surface area contributed by atoms with E-state index in [1.807, 2.05) is 25.1 Å². The van der Waals surface area contributed by atoms with Gasteiger partial charge >= 0.3 is 5.97 Å². The Morgan fingerprint density at radius 1 is 1.05 bits per heavy atom. The molecule has 0 N–H and O–H groups in total. The number of ether oxygens (including phenoxy) is 2. The molecule has 2 rings (SSSR count). The van der Waals surface area contributed by atoms with Crippen molar-refractivity contribution in [3.63, 3.8) is 0 Å². The molecular formula is C17H16Br2O3. The first-order chi connectivity index (χ1) is 10.5. The van der Waals surface area contributed by atoms with Gasteiger partial charge in [0, 0.05) is 4.47 Å². The molecule has 0 saturated carbocycles. The van der Waals surface area contributed by atoms with Crippen LogP contribution >= 0.6 is 31.9 Å². The van der Waals surface area contributed by atoms with Crippen LogP contribution in [0.4, 0.5) is 0 Å². The first-order valence-corrected chi connectivity index (χ1v) is 8.56. The highest BCUT2D eigenvalue weighted by Gasteiger charge is 2.17. The number of halogens is 2. The Labute approximate surface area is 146 Å². The maximum atomic E-state index is 12.4. The van der Waals surface area contributed by atoms with Crippen LogP contribution < -0.4 is 9.47 Å². The number of esters is 1. The molecule has 5 heteroatoms. The zero-order valence-electron chi connectivity index (χ0n) is 12.4. The summed E-state index contributed by atoms with van der Waals surface area (Å²) < 4.78 is 12.5. The summed E-state index contributed by atoms with van der Waals surface area (Å²) in [5.74, 6) is 0.552.